The van der Waals surface area contributed by atoms with Crippen molar-refractivity contribution >= 4 is 23.7 Å². The molecule has 0 aromatic carbocycles. The summed E-state index contributed by atoms with van der Waals surface area (Å²) in [6.45, 7) is 14.6. The van der Waals surface area contributed by atoms with Gasteiger partial charge in [0.05, 0.1) is 18.0 Å². The number of ether oxygens (including phenoxy) is 4. The predicted molar refractivity (Wildman–Crippen MR) is 192 cm³/mol. The minimum absolute atomic E-state index is 0. The number of carbonyl (C=O) groups is 4. The fourth-order valence-electron chi connectivity index (χ4n) is 13.3. The Bertz CT molecular complexity index is 1750. The molecule has 2 heterocycles. The summed E-state index contributed by atoms with van der Waals surface area (Å²) in [4.78, 5) is 50.9. The molecule has 2 saturated heterocycles. The van der Waals surface area contributed by atoms with E-state index in [-0.39, 0.29) is 123 Å². The molecule has 7 aliphatic rings. The Morgan fingerprint density at radius 2 is 1.25 bits per heavy atom. The van der Waals surface area contributed by atoms with Gasteiger partial charge < -0.3 is 74.2 Å². The SMILES string of the molecule is CC1(C)[C@@H](OC2OC(C(=O)[O-])C(O)C(O)C2OC2OC(C(=O)[O-])C(O)C(O)C2O)CC[C@]2(C)[C@H]3C(=O)C=C4[C@@H]5C[C@@](C)(C(=O)[O-])CC[C@]5(C)CC[C@@]4(C)[C@]3(C)CC[C@@H]12.[Na+].[Na+].[Na+]. The summed E-state index contributed by atoms with van der Waals surface area (Å²) in [7, 11) is 0. The molecule has 6 fully saturated rings. The second-order valence-electron chi connectivity index (χ2n) is 20.6. The molecule has 0 aromatic heterocycles. The van der Waals surface area contributed by atoms with Crippen molar-refractivity contribution in [3.8, 4) is 0 Å². The van der Waals surface area contributed by atoms with Crippen LogP contribution in [0.1, 0.15) is 106 Å². The average molecular weight is 889 g/mol. The van der Waals surface area contributed by atoms with Crippen LogP contribution < -0.4 is 104 Å². The van der Waals surface area contributed by atoms with E-state index < -0.39 is 107 Å². The van der Waals surface area contributed by atoms with E-state index in [9.17, 15) is 60.0 Å². The van der Waals surface area contributed by atoms with E-state index in [0.717, 1.165) is 24.8 Å². The number of carboxylic acid groups (broad SMARTS) is 3. The number of carboxylic acids is 3. The Morgan fingerprint density at radius 1 is 0.689 bits per heavy atom. The van der Waals surface area contributed by atoms with Crippen molar-refractivity contribution in [1.29, 1.82) is 0 Å². The molecular formula is C42H59Na3O16. The van der Waals surface area contributed by atoms with Crippen LogP contribution in [0.3, 0.4) is 0 Å². The average Bonchev–Trinajstić information content (AvgIpc) is 3.13. The molecule has 16 nitrogen and oxygen atoms in total. The first kappa shape index (κ1) is 54.1. The van der Waals surface area contributed by atoms with Crippen molar-refractivity contribution < 1.29 is 168 Å². The maximum absolute atomic E-state index is 14.8. The van der Waals surface area contributed by atoms with Gasteiger partial charge in [0.15, 0.2) is 18.4 Å². The van der Waals surface area contributed by atoms with Crippen LogP contribution in [0.5, 0.6) is 0 Å². The zero-order valence-corrected chi connectivity index (χ0v) is 43.3. The second-order valence-corrected chi connectivity index (χ2v) is 20.6. The molecule has 10 unspecified atom stereocenters. The molecule has 0 spiro atoms. The number of aliphatic hydroxyl groups excluding tert-OH is 5. The number of aliphatic hydroxyl groups is 5. The van der Waals surface area contributed by atoms with Gasteiger partial charge in [0.2, 0.25) is 0 Å². The van der Waals surface area contributed by atoms with Gasteiger partial charge in [-0.1, -0.05) is 54.0 Å². The Kier molecular flexibility index (Phi) is 16.4. The van der Waals surface area contributed by atoms with Crippen molar-refractivity contribution in [1.82, 2.24) is 0 Å². The van der Waals surface area contributed by atoms with Crippen LogP contribution in [-0.2, 0) is 38.1 Å². The summed E-state index contributed by atoms with van der Waals surface area (Å²) in [5.74, 6) is -5.37. The first-order valence-corrected chi connectivity index (χ1v) is 20.7. The van der Waals surface area contributed by atoms with E-state index in [1.165, 1.54) is 0 Å². The number of ketones is 1. The van der Waals surface area contributed by atoms with Gasteiger partial charge in [0.1, 0.15) is 48.8 Å². The van der Waals surface area contributed by atoms with Crippen LogP contribution in [0.25, 0.3) is 0 Å². The fourth-order valence-corrected chi connectivity index (χ4v) is 13.3. The van der Waals surface area contributed by atoms with Crippen LogP contribution in [0.15, 0.2) is 11.6 Å². The van der Waals surface area contributed by atoms with Gasteiger partial charge in [-0.25, -0.2) is 0 Å². The third-order valence-electron chi connectivity index (χ3n) is 17.2. The van der Waals surface area contributed by atoms with Crippen molar-refractivity contribution in [3.63, 3.8) is 0 Å². The molecule has 0 bridgehead atoms. The summed E-state index contributed by atoms with van der Waals surface area (Å²) >= 11 is 0. The van der Waals surface area contributed by atoms with E-state index in [1.807, 2.05) is 19.9 Å². The molecule has 19 atom stereocenters. The van der Waals surface area contributed by atoms with Gasteiger partial charge >= 0.3 is 88.7 Å². The van der Waals surface area contributed by atoms with Crippen LogP contribution in [0.4, 0.5) is 0 Å². The van der Waals surface area contributed by atoms with E-state index in [0.29, 0.717) is 38.5 Å². The summed E-state index contributed by atoms with van der Waals surface area (Å²) in [6, 6.07) is 0. The summed E-state index contributed by atoms with van der Waals surface area (Å²) < 4.78 is 23.1. The fraction of sp³-hybridized carbons (Fsp3) is 0.857. The van der Waals surface area contributed by atoms with Crippen LogP contribution in [0, 0.1) is 50.2 Å². The predicted octanol–water partition coefficient (Wildman–Crippen LogP) is -10.7. The largest absolute Gasteiger partial charge is 1.00 e. The monoisotopic (exact) mass is 888 g/mol. The van der Waals surface area contributed by atoms with Gasteiger partial charge in [-0.15, -0.1) is 0 Å². The van der Waals surface area contributed by atoms with Gasteiger partial charge in [0, 0.05) is 17.3 Å². The topological polar surface area (TPSA) is 276 Å². The van der Waals surface area contributed by atoms with Crippen LogP contribution in [-0.4, -0.2) is 117 Å². The molecular weight excluding hydrogens is 829 g/mol. The summed E-state index contributed by atoms with van der Waals surface area (Å²) in [6.07, 6.45) is -13.4. The number of fused-ring (bicyclic) bond motifs is 7. The quantitative estimate of drug-likeness (QED) is 0.117. The number of hydrogen-bond acceptors (Lipinski definition) is 16. The minimum Gasteiger partial charge on any atom is -0.550 e. The van der Waals surface area contributed by atoms with Crippen LogP contribution >= 0.6 is 0 Å². The third kappa shape index (κ3) is 8.44. The maximum Gasteiger partial charge on any atom is 1.00 e. The zero-order chi connectivity index (χ0) is 42.9. The standard InChI is InChI=1S/C42H62O16.3Na/c1-37(2)21-8-11-42(7)31(20(43)16-18-19-17-39(4,36(53)54)13-12-38(19,3)14-15-41(18,42)6)40(21,5)10-9-22(37)55-35-30(26(47)25(46)29(57-35)33(51)52)58-34-27(48)23(44)24(45)28(56-34)32(49)50;;;/h16,19,21-31,34-35,44-48H,8-15,17H2,1-7H3,(H,49,50)(H,51,52)(H,53,54);;;/q;3*+1/p-3/t19-,21-,22-,23?,24?,25?,26?,27?,28?,29?,30?,31+,34?,35?,38+,39-,40-,41+,42+;;;/m0.../s1. The first-order valence-electron chi connectivity index (χ1n) is 20.7. The van der Waals surface area contributed by atoms with E-state index in [1.54, 1.807) is 6.92 Å². The Morgan fingerprint density at radius 3 is 1.82 bits per heavy atom. The van der Waals surface area contributed by atoms with Crippen molar-refractivity contribution in [3.05, 3.63) is 11.6 Å². The normalized spacial score (nSPS) is 50.0. The minimum atomic E-state index is -2.16. The number of rotatable bonds is 7. The Hall–Kier alpha value is 0.460. The summed E-state index contributed by atoms with van der Waals surface area (Å²) in [5, 5.41) is 89.2. The number of allylic oxidation sites excluding steroid dienone is 2. The van der Waals surface area contributed by atoms with Gasteiger partial charge in [-0.05, 0) is 103 Å². The Labute approximate surface area is 423 Å². The smallest absolute Gasteiger partial charge is 0.550 e. The molecule has 61 heavy (non-hydrogen) atoms. The molecule has 5 N–H and O–H groups in total. The Balaban J connectivity index is 0.00000273. The molecule has 0 amide bonds. The molecule has 2 aliphatic heterocycles. The molecule has 326 valence electrons. The van der Waals surface area contributed by atoms with Crippen LogP contribution in [0.2, 0.25) is 0 Å². The number of carbonyl (C=O) groups excluding carboxylic acids is 4. The van der Waals surface area contributed by atoms with Gasteiger partial charge in [-0.3, -0.25) is 4.79 Å². The first-order chi connectivity index (χ1) is 26.8. The second kappa shape index (κ2) is 18.5. The number of hydrogen-bond donors (Lipinski definition) is 5. The van der Waals surface area contributed by atoms with Crippen molar-refractivity contribution in [2.24, 2.45) is 50.2 Å². The van der Waals surface area contributed by atoms with Gasteiger partial charge in [0.25, 0.3) is 0 Å². The number of aliphatic carboxylic acids is 3. The van der Waals surface area contributed by atoms with Crippen molar-refractivity contribution in [2.45, 2.75) is 174 Å². The molecule has 19 heteroatoms. The molecule has 4 saturated carbocycles. The van der Waals surface area contributed by atoms with Gasteiger partial charge in [-0.2, -0.15) is 0 Å². The van der Waals surface area contributed by atoms with E-state index >= 15 is 0 Å². The third-order valence-corrected chi connectivity index (χ3v) is 17.2. The zero-order valence-electron chi connectivity index (χ0n) is 37.3. The molecule has 0 radical (unpaired) electrons. The van der Waals surface area contributed by atoms with E-state index in [2.05, 4.69) is 27.7 Å². The maximum atomic E-state index is 14.8. The van der Waals surface area contributed by atoms with Crippen molar-refractivity contribution in [2.75, 3.05) is 0 Å². The molecule has 0 aromatic rings. The molecule has 7 rings (SSSR count). The summed E-state index contributed by atoms with van der Waals surface area (Å²) in [5.41, 5.74) is -2.11. The van der Waals surface area contributed by atoms with E-state index in [4.69, 9.17) is 18.9 Å². The molecule has 5 aliphatic carbocycles.